The quantitative estimate of drug-likeness (QED) is 0.852. The molecule has 0 fully saturated rings. The van der Waals surface area contributed by atoms with Crippen molar-refractivity contribution in [2.24, 2.45) is 9.98 Å². The summed E-state index contributed by atoms with van der Waals surface area (Å²) in [6.45, 7) is 5.54. The van der Waals surface area contributed by atoms with Crippen molar-refractivity contribution in [1.82, 2.24) is 9.78 Å². The maximum absolute atomic E-state index is 12.8. The molecule has 3 rings (SSSR count). The van der Waals surface area contributed by atoms with Crippen molar-refractivity contribution in [3.8, 4) is 0 Å². The van der Waals surface area contributed by atoms with Crippen molar-refractivity contribution in [2.45, 2.75) is 32.7 Å². The Hall–Kier alpha value is -3.15. The summed E-state index contributed by atoms with van der Waals surface area (Å²) in [4.78, 5) is 33.3. The Morgan fingerprint density at radius 1 is 1.19 bits per heavy atom. The Morgan fingerprint density at radius 3 is 2.50 bits per heavy atom. The number of aryl methyl sites for hydroxylation is 1. The first-order valence-corrected chi connectivity index (χ1v) is 8.35. The maximum Gasteiger partial charge on any atom is 0.277 e. The van der Waals surface area contributed by atoms with Crippen LogP contribution in [0.1, 0.15) is 36.2 Å². The van der Waals surface area contributed by atoms with Crippen LogP contribution in [0, 0.1) is 6.92 Å². The number of carbonyl (C=O) groups is 2. The zero-order valence-electron chi connectivity index (χ0n) is 15.0. The highest BCUT2D eigenvalue weighted by Crippen LogP contribution is 2.22. The lowest BCUT2D eigenvalue weighted by Gasteiger charge is -2.24. The van der Waals surface area contributed by atoms with Crippen LogP contribution in [0.3, 0.4) is 0 Å². The van der Waals surface area contributed by atoms with E-state index < -0.39 is 5.54 Å². The topological polar surface area (TPSA) is 76.7 Å². The Labute approximate surface area is 152 Å². The van der Waals surface area contributed by atoms with E-state index in [0.717, 1.165) is 5.56 Å². The van der Waals surface area contributed by atoms with E-state index in [1.807, 2.05) is 19.2 Å². The molecule has 1 amide bonds. The van der Waals surface area contributed by atoms with Gasteiger partial charge < -0.3 is 0 Å². The number of aromatic nitrogens is 2. The summed E-state index contributed by atoms with van der Waals surface area (Å²) in [5.41, 5.74) is 1.55. The zero-order valence-corrected chi connectivity index (χ0v) is 15.0. The lowest BCUT2D eigenvalue weighted by atomic mass is 9.95. The van der Waals surface area contributed by atoms with Crippen molar-refractivity contribution < 1.29 is 9.59 Å². The van der Waals surface area contributed by atoms with E-state index in [2.05, 4.69) is 15.1 Å². The lowest BCUT2D eigenvalue weighted by Crippen LogP contribution is -2.37. The lowest BCUT2D eigenvalue weighted by molar-refractivity contribution is -0.122. The monoisotopic (exact) mass is 348 g/mol. The Bertz CT molecular complexity index is 934. The Morgan fingerprint density at radius 2 is 1.92 bits per heavy atom. The van der Waals surface area contributed by atoms with E-state index in [0.29, 0.717) is 23.4 Å². The minimum Gasteiger partial charge on any atom is -0.290 e. The fraction of sp³-hybridized carbons (Fsp3) is 0.250. The summed E-state index contributed by atoms with van der Waals surface area (Å²) in [5, 5.41) is 4.24. The highest BCUT2D eigenvalue weighted by Gasteiger charge is 2.33. The summed E-state index contributed by atoms with van der Waals surface area (Å²) < 4.78 is 1.64. The van der Waals surface area contributed by atoms with Gasteiger partial charge in [0.1, 0.15) is 11.2 Å². The summed E-state index contributed by atoms with van der Waals surface area (Å²) in [6, 6.07) is 8.85. The number of amides is 1. The van der Waals surface area contributed by atoms with Gasteiger partial charge in [-0.2, -0.15) is 5.10 Å². The van der Waals surface area contributed by atoms with Gasteiger partial charge in [0.15, 0.2) is 0 Å². The Kier molecular flexibility index (Phi) is 4.75. The summed E-state index contributed by atoms with van der Waals surface area (Å²) in [7, 11) is 0. The van der Waals surface area contributed by atoms with Crippen molar-refractivity contribution >= 4 is 23.6 Å². The molecule has 0 spiro atoms. The number of Topliss-reactive ketones (excluding diaryl/α,β-unsaturated/α-hetero) is 1. The molecule has 0 saturated heterocycles. The molecule has 6 heteroatoms. The van der Waals surface area contributed by atoms with Crippen LogP contribution in [0.2, 0.25) is 0 Å². The number of rotatable bonds is 4. The second-order valence-electron chi connectivity index (χ2n) is 6.68. The number of hydrogen-bond acceptors (Lipinski definition) is 4. The normalized spacial score (nSPS) is 15.8. The van der Waals surface area contributed by atoms with Gasteiger partial charge in [-0.25, -0.2) is 4.99 Å². The van der Waals surface area contributed by atoms with Crippen LogP contribution in [0.5, 0.6) is 0 Å². The van der Waals surface area contributed by atoms with Crippen molar-refractivity contribution in [3.63, 3.8) is 0 Å². The molecule has 0 radical (unpaired) electrons. The second-order valence-corrected chi connectivity index (χ2v) is 6.68. The van der Waals surface area contributed by atoms with Gasteiger partial charge in [0.25, 0.3) is 5.91 Å². The molecule has 26 heavy (non-hydrogen) atoms. The van der Waals surface area contributed by atoms with Crippen LogP contribution in [0.15, 0.2) is 64.5 Å². The molecular weight excluding hydrogens is 328 g/mol. The fourth-order valence-electron chi connectivity index (χ4n) is 2.59. The summed E-state index contributed by atoms with van der Waals surface area (Å²) in [5.74, 6) is -0.451. The minimum absolute atomic E-state index is 0.134. The Balaban J connectivity index is 1.73. The third-order valence-corrected chi connectivity index (χ3v) is 4.20. The van der Waals surface area contributed by atoms with Gasteiger partial charge in [-0.3, -0.25) is 19.3 Å². The van der Waals surface area contributed by atoms with Crippen LogP contribution >= 0.6 is 0 Å². The molecule has 0 bridgehead atoms. The standard InChI is InChI=1S/C20H20N4O2/c1-14-11-22-24(13-14)20(2,3)18(25)17-10-9-16(12-21-17)23-19(26)15-7-5-4-6-8-15/h4-8,10-13H,9H2,1-3H3. The number of aliphatic imine (C=N–C) groups is 2. The van der Waals surface area contributed by atoms with Gasteiger partial charge in [-0.15, -0.1) is 0 Å². The highest BCUT2D eigenvalue weighted by atomic mass is 16.1. The fourth-order valence-corrected chi connectivity index (χ4v) is 2.59. The number of benzene rings is 1. The third kappa shape index (κ3) is 3.59. The number of allylic oxidation sites excluding steroid dienone is 2. The van der Waals surface area contributed by atoms with Gasteiger partial charge in [-0.05, 0) is 44.5 Å². The van der Waals surface area contributed by atoms with Crippen LogP contribution in [-0.4, -0.2) is 33.4 Å². The van der Waals surface area contributed by atoms with Crippen LogP contribution in [-0.2, 0) is 10.3 Å². The smallest absolute Gasteiger partial charge is 0.277 e. The molecular formula is C20H20N4O2. The number of nitrogens with zero attached hydrogens (tertiary/aromatic N) is 4. The predicted molar refractivity (Wildman–Crippen MR) is 101 cm³/mol. The molecule has 0 saturated carbocycles. The van der Waals surface area contributed by atoms with Crippen LogP contribution in [0.4, 0.5) is 0 Å². The summed E-state index contributed by atoms with van der Waals surface area (Å²) in [6.07, 6.45) is 7.12. The maximum atomic E-state index is 12.8. The molecule has 0 N–H and O–H groups in total. The highest BCUT2D eigenvalue weighted by molar-refractivity contribution is 6.35. The predicted octanol–water partition coefficient (Wildman–Crippen LogP) is 3.14. The SMILES string of the molecule is Cc1cnn(C(C)(C)C(=O)C2=CCC(=NC(=O)c3ccccc3)C=N2)c1. The average molecular weight is 348 g/mol. The first-order valence-electron chi connectivity index (χ1n) is 8.35. The van der Waals surface area contributed by atoms with E-state index >= 15 is 0 Å². The molecule has 1 aromatic heterocycles. The van der Waals surface area contributed by atoms with Gasteiger partial charge in [0.05, 0.1) is 11.9 Å². The van der Waals surface area contributed by atoms with Gasteiger partial charge in [-0.1, -0.05) is 18.2 Å². The van der Waals surface area contributed by atoms with Crippen LogP contribution in [0.25, 0.3) is 0 Å². The van der Waals surface area contributed by atoms with E-state index in [1.54, 1.807) is 55.1 Å². The van der Waals surface area contributed by atoms with E-state index in [1.165, 1.54) is 6.21 Å². The van der Waals surface area contributed by atoms with Gasteiger partial charge >= 0.3 is 0 Å². The first-order chi connectivity index (χ1) is 12.4. The van der Waals surface area contributed by atoms with Crippen molar-refractivity contribution in [3.05, 3.63) is 65.6 Å². The van der Waals surface area contributed by atoms with E-state index in [9.17, 15) is 9.59 Å². The molecule has 1 aromatic carbocycles. The van der Waals surface area contributed by atoms with E-state index in [-0.39, 0.29) is 11.7 Å². The second kappa shape index (κ2) is 7.00. The van der Waals surface area contributed by atoms with Crippen molar-refractivity contribution in [1.29, 1.82) is 0 Å². The van der Waals surface area contributed by atoms with E-state index in [4.69, 9.17) is 0 Å². The molecule has 2 aromatic rings. The summed E-state index contributed by atoms with van der Waals surface area (Å²) >= 11 is 0. The molecule has 132 valence electrons. The van der Waals surface area contributed by atoms with Gasteiger partial charge in [0.2, 0.25) is 5.78 Å². The van der Waals surface area contributed by atoms with Crippen LogP contribution < -0.4 is 0 Å². The number of carbonyl (C=O) groups excluding carboxylic acids is 2. The molecule has 6 nitrogen and oxygen atoms in total. The molecule has 2 heterocycles. The molecule has 1 aliphatic rings. The molecule has 1 aliphatic heterocycles. The first kappa shape index (κ1) is 17.7. The number of ketones is 1. The minimum atomic E-state index is -0.841. The third-order valence-electron chi connectivity index (χ3n) is 4.20. The zero-order chi connectivity index (χ0) is 18.7. The molecule has 0 unspecified atom stereocenters. The van der Waals surface area contributed by atoms with Crippen molar-refractivity contribution in [2.75, 3.05) is 0 Å². The number of hydrogen-bond donors (Lipinski definition) is 0. The molecule has 0 aliphatic carbocycles. The largest absolute Gasteiger partial charge is 0.290 e. The van der Waals surface area contributed by atoms with Gasteiger partial charge in [0, 0.05) is 24.4 Å². The average Bonchev–Trinajstić information content (AvgIpc) is 3.10. The molecule has 0 atom stereocenters.